The van der Waals surface area contributed by atoms with Crippen molar-refractivity contribution < 1.29 is 14.7 Å². The molecule has 2 fully saturated rings. The van der Waals surface area contributed by atoms with Crippen molar-refractivity contribution in [3.8, 4) is 0 Å². The Balaban J connectivity index is 2.06. The van der Waals surface area contributed by atoms with Crippen LogP contribution < -0.4 is 5.11 Å². The first kappa shape index (κ1) is 11.6. The molecule has 1 aromatic carbocycles. The molecule has 2 aliphatic rings. The Hall–Kier alpha value is -1.49. The second kappa shape index (κ2) is 4.02. The van der Waals surface area contributed by atoms with Gasteiger partial charge in [-0.1, -0.05) is 30.3 Å². The van der Waals surface area contributed by atoms with Gasteiger partial charge in [-0.15, -0.1) is 11.8 Å². The second-order valence-electron chi connectivity index (χ2n) is 4.56. The van der Waals surface area contributed by atoms with Crippen molar-refractivity contribution in [3.05, 3.63) is 35.9 Å². The van der Waals surface area contributed by atoms with Crippen molar-refractivity contribution in [2.75, 3.05) is 5.75 Å². The van der Waals surface area contributed by atoms with Gasteiger partial charge in [0.2, 0.25) is 5.91 Å². The highest BCUT2D eigenvalue weighted by molar-refractivity contribution is 8.00. The standard InChI is InChI=1S/C13H13NO3S/c15-11-6-7-13(9-4-2-1-3-5-9)14(11)10(8-18-13)12(16)17/h1-5,10H,6-8H2,(H,16,17)/p-1/t10-,13-/m0/s1. The lowest BCUT2D eigenvalue weighted by molar-refractivity contribution is -0.310. The molecule has 0 aromatic heterocycles. The number of hydrogen-bond donors (Lipinski definition) is 0. The van der Waals surface area contributed by atoms with E-state index in [1.54, 1.807) is 0 Å². The monoisotopic (exact) mass is 262 g/mol. The average Bonchev–Trinajstić information content (AvgIpc) is 2.91. The highest BCUT2D eigenvalue weighted by Crippen LogP contribution is 2.54. The zero-order valence-corrected chi connectivity index (χ0v) is 10.5. The molecule has 0 spiro atoms. The Labute approximate surface area is 109 Å². The minimum absolute atomic E-state index is 0.0851. The van der Waals surface area contributed by atoms with Crippen LogP contribution in [0.15, 0.2) is 30.3 Å². The van der Waals surface area contributed by atoms with E-state index in [0.29, 0.717) is 18.6 Å². The number of amides is 1. The van der Waals surface area contributed by atoms with E-state index >= 15 is 0 Å². The van der Waals surface area contributed by atoms with Gasteiger partial charge >= 0.3 is 0 Å². The van der Waals surface area contributed by atoms with Gasteiger partial charge < -0.3 is 14.8 Å². The maximum Gasteiger partial charge on any atom is 0.224 e. The van der Waals surface area contributed by atoms with Gasteiger partial charge in [-0.25, -0.2) is 0 Å². The molecule has 2 heterocycles. The molecule has 0 N–H and O–H groups in total. The summed E-state index contributed by atoms with van der Waals surface area (Å²) in [5.41, 5.74) is 1.00. The molecule has 3 rings (SSSR count). The predicted octanol–water partition coefficient (Wildman–Crippen LogP) is 0.327. The molecule has 0 aliphatic carbocycles. The largest absolute Gasteiger partial charge is 0.548 e. The Morgan fingerprint density at radius 3 is 2.78 bits per heavy atom. The van der Waals surface area contributed by atoms with E-state index < -0.39 is 16.9 Å². The lowest BCUT2D eigenvalue weighted by Gasteiger charge is -2.34. The summed E-state index contributed by atoms with van der Waals surface area (Å²) in [6, 6.07) is 8.85. The molecule has 0 unspecified atom stereocenters. The Morgan fingerprint density at radius 1 is 1.39 bits per heavy atom. The first-order valence-electron chi connectivity index (χ1n) is 5.88. The number of nitrogens with zero attached hydrogens (tertiary/aromatic N) is 1. The summed E-state index contributed by atoms with van der Waals surface area (Å²) in [7, 11) is 0. The van der Waals surface area contributed by atoms with Crippen molar-refractivity contribution in [3.63, 3.8) is 0 Å². The average molecular weight is 262 g/mol. The van der Waals surface area contributed by atoms with Gasteiger partial charge in [0.05, 0.1) is 12.0 Å². The number of carboxylic acid groups (broad SMARTS) is 1. The third-order valence-corrected chi connectivity index (χ3v) is 5.22. The molecule has 1 amide bonds. The van der Waals surface area contributed by atoms with Crippen LogP contribution in [0.2, 0.25) is 0 Å². The number of benzene rings is 1. The molecular formula is C13H12NO3S-. The third-order valence-electron chi connectivity index (χ3n) is 3.62. The van der Waals surface area contributed by atoms with Gasteiger partial charge in [0.1, 0.15) is 4.87 Å². The molecule has 2 aliphatic heterocycles. The van der Waals surface area contributed by atoms with E-state index in [-0.39, 0.29) is 5.91 Å². The molecule has 2 atom stereocenters. The van der Waals surface area contributed by atoms with Gasteiger partial charge in [0, 0.05) is 12.2 Å². The zero-order valence-electron chi connectivity index (χ0n) is 9.67. The summed E-state index contributed by atoms with van der Waals surface area (Å²) in [5.74, 6) is -0.836. The van der Waals surface area contributed by atoms with Crippen LogP contribution >= 0.6 is 11.8 Å². The number of carbonyl (C=O) groups is 2. The predicted molar refractivity (Wildman–Crippen MR) is 65.5 cm³/mol. The molecule has 1 aromatic rings. The molecule has 18 heavy (non-hydrogen) atoms. The fraction of sp³-hybridized carbons (Fsp3) is 0.385. The highest BCUT2D eigenvalue weighted by atomic mass is 32.2. The van der Waals surface area contributed by atoms with E-state index in [2.05, 4.69) is 0 Å². The maximum absolute atomic E-state index is 12.0. The number of rotatable bonds is 2. The Bertz CT molecular complexity index is 504. The molecule has 0 radical (unpaired) electrons. The lowest BCUT2D eigenvalue weighted by Crippen LogP contribution is -2.50. The van der Waals surface area contributed by atoms with Gasteiger partial charge in [0.25, 0.3) is 0 Å². The molecule has 2 saturated heterocycles. The van der Waals surface area contributed by atoms with E-state index in [1.165, 1.54) is 16.7 Å². The van der Waals surface area contributed by atoms with Crippen LogP contribution in [0.4, 0.5) is 0 Å². The van der Waals surface area contributed by atoms with E-state index in [9.17, 15) is 14.7 Å². The topological polar surface area (TPSA) is 60.4 Å². The number of hydrogen-bond acceptors (Lipinski definition) is 4. The van der Waals surface area contributed by atoms with Crippen LogP contribution in [0.5, 0.6) is 0 Å². The summed E-state index contributed by atoms with van der Waals surface area (Å²) < 4.78 is 0. The van der Waals surface area contributed by atoms with Gasteiger partial charge in [-0.3, -0.25) is 4.79 Å². The molecule has 0 bridgehead atoms. The number of fused-ring (bicyclic) bond motifs is 1. The number of thioether (sulfide) groups is 1. The van der Waals surface area contributed by atoms with Crippen molar-refractivity contribution in [2.45, 2.75) is 23.8 Å². The lowest BCUT2D eigenvalue weighted by atomic mass is 10.0. The Morgan fingerprint density at radius 2 is 2.11 bits per heavy atom. The number of carbonyl (C=O) groups excluding carboxylic acids is 2. The minimum Gasteiger partial charge on any atom is -0.548 e. The molecule has 4 nitrogen and oxygen atoms in total. The summed E-state index contributed by atoms with van der Waals surface area (Å²) >= 11 is 1.54. The van der Waals surface area contributed by atoms with Gasteiger partial charge in [-0.05, 0) is 12.0 Å². The van der Waals surface area contributed by atoms with E-state index in [1.807, 2.05) is 30.3 Å². The van der Waals surface area contributed by atoms with Crippen LogP contribution in [0.3, 0.4) is 0 Å². The zero-order chi connectivity index (χ0) is 12.8. The Kier molecular flexibility index (Phi) is 2.59. The van der Waals surface area contributed by atoms with Crippen molar-refractivity contribution in [1.29, 1.82) is 0 Å². The molecular weight excluding hydrogens is 250 g/mol. The van der Waals surface area contributed by atoms with Crippen LogP contribution in [-0.2, 0) is 14.5 Å². The maximum atomic E-state index is 12.0. The number of aliphatic carboxylic acids is 1. The summed E-state index contributed by atoms with van der Waals surface area (Å²) in [6.07, 6.45) is 1.08. The molecule has 94 valence electrons. The van der Waals surface area contributed by atoms with Crippen molar-refractivity contribution in [1.82, 2.24) is 4.90 Å². The SMILES string of the molecule is O=C([O-])[C@@H]1CS[C@]2(c3ccccc3)CCC(=O)N12. The van der Waals surface area contributed by atoms with Gasteiger partial charge in [-0.2, -0.15) is 0 Å². The third kappa shape index (κ3) is 1.47. The van der Waals surface area contributed by atoms with Crippen LogP contribution in [0, 0.1) is 0 Å². The summed E-state index contributed by atoms with van der Waals surface area (Å²) in [4.78, 5) is 24.1. The number of carboxylic acids is 1. The van der Waals surface area contributed by atoms with Crippen molar-refractivity contribution >= 4 is 23.6 Å². The normalized spacial score (nSPS) is 30.6. The van der Waals surface area contributed by atoms with Crippen LogP contribution in [0.1, 0.15) is 18.4 Å². The van der Waals surface area contributed by atoms with E-state index in [0.717, 1.165) is 5.56 Å². The van der Waals surface area contributed by atoms with Crippen LogP contribution in [-0.4, -0.2) is 28.6 Å². The summed E-state index contributed by atoms with van der Waals surface area (Å²) in [5, 5.41) is 11.1. The quantitative estimate of drug-likeness (QED) is 0.770. The fourth-order valence-corrected chi connectivity index (χ4v) is 4.45. The summed E-state index contributed by atoms with van der Waals surface area (Å²) in [6.45, 7) is 0. The van der Waals surface area contributed by atoms with E-state index in [4.69, 9.17) is 0 Å². The van der Waals surface area contributed by atoms with Crippen molar-refractivity contribution in [2.24, 2.45) is 0 Å². The molecule has 0 saturated carbocycles. The fourth-order valence-electron chi connectivity index (χ4n) is 2.82. The smallest absolute Gasteiger partial charge is 0.224 e. The molecule has 5 heteroatoms. The van der Waals surface area contributed by atoms with Gasteiger partial charge in [0.15, 0.2) is 0 Å². The first-order valence-corrected chi connectivity index (χ1v) is 6.86. The highest BCUT2D eigenvalue weighted by Gasteiger charge is 2.54. The second-order valence-corrected chi connectivity index (χ2v) is 5.86. The van der Waals surface area contributed by atoms with Crippen LogP contribution in [0.25, 0.3) is 0 Å². The first-order chi connectivity index (χ1) is 8.65. The minimum atomic E-state index is -1.16.